The van der Waals surface area contributed by atoms with E-state index >= 15 is 0 Å². The van der Waals surface area contributed by atoms with Crippen molar-refractivity contribution in [2.75, 3.05) is 6.54 Å². The molecule has 0 atom stereocenters. The van der Waals surface area contributed by atoms with Crippen LogP contribution in [0, 0.1) is 12.6 Å². The lowest BCUT2D eigenvalue weighted by molar-refractivity contribution is 0.753. The number of hydrogen-bond acceptors (Lipinski definition) is 1. The van der Waals surface area contributed by atoms with Gasteiger partial charge in [-0.05, 0) is 36.2 Å². The van der Waals surface area contributed by atoms with E-state index in [1.807, 2.05) is 12.1 Å². The first-order chi connectivity index (χ1) is 4.97. The van der Waals surface area contributed by atoms with Gasteiger partial charge in [0.25, 0.3) is 0 Å². The Morgan fingerprint density at radius 3 is 3.40 bits per heavy atom. The Labute approximate surface area is 61.1 Å². The van der Waals surface area contributed by atoms with Crippen molar-refractivity contribution in [2.45, 2.75) is 6.42 Å². The predicted octanol–water partition coefficient (Wildman–Crippen LogP) is 1.14. The normalized spacial score (nSPS) is 16.4. The summed E-state index contributed by atoms with van der Waals surface area (Å²) in [6.45, 7) is 3.12. The van der Waals surface area contributed by atoms with Crippen LogP contribution in [0.15, 0.2) is 18.2 Å². The smallest absolute Gasteiger partial charge is 0.0521 e. The first kappa shape index (κ1) is 5.93. The highest BCUT2D eigenvalue weighted by molar-refractivity contribution is 5.33. The highest BCUT2D eigenvalue weighted by atomic mass is 14.9. The van der Waals surface area contributed by atoms with Gasteiger partial charge in [0.15, 0.2) is 0 Å². The molecule has 50 valence electrons. The fraction of sp³-hybridized carbons (Fsp3) is 0.222. The van der Waals surface area contributed by atoms with Crippen molar-refractivity contribution in [2.24, 2.45) is 0 Å². The summed E-state index contributed by atoms with van der Waals surface area (Å²) in [4.78, 5) is 0. The van der Waals surface area contributed by atoms with E-state index in [0.717, 1.165) is 13.0 Å². The molecule has 10 heavy (non-hydrogen) atoms. The third kappa shape index (κ3) is 0.929. The molecule has 0 amide bonds. The van der Waals surface area contributed by atoms with Gasteiger partial charge in [0.1, 0.15) is 0 Å². The van der Waals surface area contributed by atoms with Crippen molar-refractivity contribution >= 4 is 0 Å². The van der Waals surface area contributed by atoms with Gasteiger partial charge in [0.05, 0.1) is 6.54 Å². The van der Waals surface area contributed by atoms with Crippen molar-refractivity contribution in [1.82, 2.24) is 5.32 Å². The zero-order valence-electron chi connectivity index (χ0n) is 5.72. The zero-order chi connectivity index (χ0) is 6.81. The zero-order valence-corrected chi connectivity index (χ0v) is 5.72. The summed E-state index contributed by atoms with van der Waals surface area (Å²) in [6.07, 6.45) is 1.14. The summed E-state index contributed by atoms with van der Waals surface area (Å²) in [7, 11) is 0. The Morgan fingerprint density at radius 1 is 1.50 bits per heavy atom. The molecule has 0 spiro atoms. The Hall–Kier alpha value is -0.820. The van der Waals surface area contributed by atoms with Gasteiger partial charge < -0.3 is 5.32 Å². The second-order valence-corrected chi connectivity index (χ2v) is 2.47. The van der Waals surface area contributed by atoms with Crippen molar-refractivity contribution in [3.63, 3.8) is 0 Å². The topological polar surface area (TPSA) is 12.0 Å². The monoisotopic (exact) mass is 131 g/mol. The van der Waals surface area contributed by atoms with Gasteiger partial charge in [-0.1, -0.05) is 12.1 Å². The van der Waals surface area contributed by atoms with E-state index in [1.54, 1.807) is 0 Å². The van der Waals surface area contributed by atoms with Crippen molar-refractivity contribution < 1.29 is 0 Å². The summed E-state index contributed by atoms with van der Waals surface area (Å²) < 4.78 is 0. The summed E-state index contributed by atoms with van der Waals surface area (Å²) in [5, 5.41) is 3.20. The fourth-order valence-electron chi connectivity index (χ4n) is 1.23. The maximum atomic E-state index is 3.20. The lowest BCUT2D eigenvalue weighted by Crippen LogP contribution is -2.21. The highest BCUT2D eigenvalue weighted by Gasteiger charge is 2.05. The largest absolute Gasteiger partial charge is 0.308 e. The van der Waals surface area contributed by atoms with E-state index in [0.29, 0.717) is 0 Å². The molecule has 1 aromatic carbocycles. The fourth-order valence-corrected chi connectivity index (χ4v) is 1.23. The molecule has 1 aliphatic heterocycles. The second-order valence-electron chi connectivity index (χ2n) is 2.47. The molecule has 0 fully saturated rings. The van der Waals surface area contributed by atoms with Crippen LogP contribution < -0.4 is 5.32 Å². The molecule has 1 nitrogen and oxygen atoms in total. The average Bonchev–Trinajstić information content (AvgIpc) is 2.05. The van der Waals surface area contributed by atoms with E-state index in [4.69, 9.17) is 0 Å². The number of benzene rings is 1. The lowest BCUT2D eigenvalue weighted by atomic mass is 10.0. The van der Waals surface area contributed by atoms with Crippen LogP contribution >= 0.6 is 0 Å². The predicted molar refractivity (Wildman–Crippen MR) is 40.4 cm³/mol. The molecule has 0 aliphatic carbocycles. The Kier molecular flexibility index (Phi) is 1.44. The van der Waals surface area contributed by atoms with Crippen LogP contribution in [-0.2, 0) is 6.42 Å². The molecule has 1 heteroatoms. The molecule has 0 unspecified atom stereocenters. The molecule has 0 aromatic heterocycles. The standard InChI is InChI=1S/C9H9N/c1-2-4-9-7-10-6-5-8(9)3-1/h1,3-4,7,10H,5-6H2. The Bertz CT molecular complexity index is 205. The molecule has 1 heterocycles. The first-order valence-electron chi connectivity index (χ1n) is 3.52. The summed E-state index contributed by atoms with van der Waals surface area (Å²) >= 11 is 0. The molecule has 0 saturated carbocycles. The van der Waals surface area contributed by atoms with E-state index in [1.165, 1.54) is 11.1 Å². The van der Waals surface area contributed by atoms with Gasteiger partial charge in [-0.3, -0.25) is 0 Å². The minimum atomic E-state index is 1.07. The number of hydrogen-bond donors (Lipinski definition) is 1. The minimum absolute atomic E-state index is 1.07. The van der Waals surface area contributed by atoms with Crippen LogP contribution in [0.4, 0.5) is 0 Å². The van der Waals surface area contributed by atoms with Crippen LogP contribution in [0.3, 0.4) is 0 Å². The highest BCUT2D eigenvalue weighted by Crippen LogP contribution is 2.12. The average molecular weight is 131 g/mol. The van der Waals surface area contributed by atoms with Crippen molar-refractivity contribution in [3.8, 4) is 0 Å². The van der Waals surface area contributed by atoms with Gasteiger partial charge in [-0.2, -0.15) is 0 Å². The van der Waals surface area contributed by atoms with E-state index in [2.05, 4.69) is 24.0 Å². The number of rotatable bonds is 0. The maximum Gasteiger partial charge on any atom is 0.0521 e. The van der Waals surface area contributed by atoms with Gasteiger partial charge in [0, 0.05) is 0 Å². The Morgan fingerprint density at radius 2 is 2.50 bits per heavy atom. The van der Waals surface area contributed by atoms with Crippen molar-refractivity contribution in [3.05, 3.63) is 41.9 Å². The van der Waals surface area contributed by atoms with E-state index in [-0.39, 0.29) is 0 Å². The molecule has 2 rings (SSSR count). The first-order valence-corrected chi connectivity index (χ1v) is 3.52. The van der Waals surface area contributed by atoms with Gasteiger partial charge in [0.2, 0.25) is 0 Å². The maximum absolute atomic E-state index is 3.20. The lowest BCUT2D eigenvalue weighted by Gasteiger charge is -2.14. The number of fused-ring (bicyclic) bond motifs is 1. The second kappa shape index (κ2) is 2.43. The summed E-state index contributed by atoms with van der Waals surface area (Å²) in [5.74, 6) is 0. The Balaban J connectivity index is 2.41. The molecular formula is C9H9N. The summed E-state index contributed by atoms with van der Waals surface area (Å²) in [5.41, 5.74) is 2.71. The molecular weight excluding hydrogens is 122 g/mol. The minimum Gasteiger partial charge on any atom is -0.308 e. The van der Waals surface area contributed by atoms with E-state index < -0.39 is 0 Å². The van der Waals surface area contributed by atoms with Crippen LogP contribution in [-0.4, -0.2) is 6.54 Å². The third-order valence-electron chi connectivity index (χ3n) is 1.79. The van der Waals surface area contributed by atoms with Gasteiger partial charge in [-0.25, -0.2) is 0 Å². The third-order valence-corrected chi connectivity index (χ3v) is 1.79. The molecule has 1 N–H and O–H groups in total. The molecule has 1 aliphatic rings. The molecule has 0 bridgehead atoms. The SMILES string of the molecule is [c]1ccc2c(c1)[CH]NCC2. The van der Waals surface area contributed by atoms with Gasteiger partial charge in [-0.15, -0.1) is 0 Å². The summed E-state index contributed by atoms with van der Waals surface area (Å²) in [6, 6.07) is 9.17. The quantitative estimate of drug-likeness (QED) is 0.556. The van der Waals surface area contributed by atoms with Crippen LogP contribution in [0.1, 0.15) is 11.1 Å². The van der Waals surface area contributed by atoms with Crippen LogP contribution in [0.25, 0.3) is 0 Å². The molecule has 0 saturated heterocycles. The van der Waals surface area contributed by atoms with Crippen molar-refractivity contribution in [1.29, 1.82) is 0 Å². The van der Waals surface area contributed by atoms with Crippen LogP contribution in [0.5, 0.6) is 0 Å². The molecule has 2 radical (unpaired) electrons. The van der Waals surface area contributed by atoms with E-state index in [9.17, 15) is 0 Å². The number of nitrogens with one attached hydrogen (secondary N) is 1. The van der Waals surface area contributed by atoms with Gasteiger partial charge >= 0.3 is 0 Å². The molecule has 1 aromatic rings. The van der Waals surface area contributed by atoms with Crippen LogP contribution in [0.2, 0.25) is 0 Å².